The van der Waals surface area contributed by atoms with E-state index in [1.807, 2.05) is 30.0 Å². The molecule has 2 aromatic carbocycles. The van der Waals surface area contributed by atoms with E-state index in [4.69, 9.17) is 16.3 Å². The molecule has 0 aromatic heterocycles. The van der Waals surface area contributed by atoms with Crippen LogP contribution in [0.15, 0.2) is 54.6 Å². The van der Waals surface area contributed by atoms with Crippen molar-refractivity contribution in [1.29, 1.82) is 0 Å². The maximum atomic E-state index is 12.8. The molecular formula is C21H25ClN2O2. The van der Waals surface area contributed by atoms with Crippen molar-refractivity contribution < 1.29 is 9.53 Å². The van der Waals surface area contributed by atoms with Gasteiger partial charge in [-0.15, -0.1) is 0 Å². The van der Waals surface area contributed by atoms with Crippen LogP contribution in [0, 0.1) is 0 Å². The molecule has 1 aliphatic rings. The van der Waals surface area contributed by atoms with Gasteiger partial charge in [0.2, 0.25) is 0 Å². The van der Waals surface area contributed by atoms with Gasteiger partial charge in [0, 0.05) is 37.7 Å². The molecule has 0 radical (unpaired) electrons. The molecule has 0 bridgehead atoms. The van der Waals surface area contributed by atoms with Crippen LogP contribution >= 0.6 is 11.6 Å². The zero-order chi connectivity index (χ0) is 18.4. The summed E-state index contributed by atoms with van der Waals surface area (Å²) < 4.78 is 5.89. The summed E-state index contributed by atoms with van der Waals surface area (Å²) in [6, 6.07) is 17.6. The Morgan fingerprint density at radius 3 is 2.46 bits per heavy atom. The first kappa shape index (κ1) is 18.7. The smallest absolute Gasteiger partial charge is 0.263 e. The largest absolute Gasteiger partial charge is 0.481 e. The summed E-state index contributed by atoms with van der Waals surface area (Å²) in [7, 11) is 0. The number of ether oxygens (including phenoxy) is 1. The van der Waals surface area contributed by atoms with E-state index in [9.17, 15) is 4.79 Å². The molecule has 1 heterocycles. The van der Waals surface area contributed by atoms with Gasteiger partial charge in [0.15, 0.2) is 6.10 Å². The second kappa shape index (κ2) is 9.06. The molecule has 0 saturated carbocycles. The van der Waals surface area contributed by atoms with Crippen molar-refractivity contribution in [3.8, 4) is 5.75 Å². The monoisotopic (exact) mass is 372 g/mol. The van der Waals surface area contributed by atoms with E-state index in [0.29, 0.717) is 17.2 Å². The van der Waals surface area contributed by atoms with Gasteiger partial charge in [-0.2, -0.15) is 0 Å². The van der Waals surface area contributed by atoms with E-state index < -0.39 is 6.10 Å². The average Bonchev–Trinajstić information content (AvgIpc) is 2.67. The molecule has 0 spiro atoms. The Labute approximate surface area is 160 Å². The summed E-state index contributed by atoms with van der Waals surface area (Å²) in [5.74, 6) is 0.701. The van der Waals surface area contributed by atoms with Gasteiger partial charge in [0.05, 0.1) is 0 Å². The number of amides is 1. The van der Waals surface area contributed by atoms with E-state index in [0.717, 1.165) is 32.7 Å². The number of hydrogen-bond acceptors (Lipinski definition) is 3. The van der Waals surface area contributed by atoms with Crippen LogP contribution in [0.25, 0.3) is 0 Å². The summed E-state index contributed by atoms with van der Waals surface area (Å²) in [6.07, 6.45) is 0.171. The Balaban J connectivity index is 1.53. The van der Waals surface area contributed by atoms with E-state index in [-0.39, 0.29) is 5.91 Å². The molecule has 26 heavy (non-hydrogen) atoms. The highest BCUT2D eigenvalue weighted by molar-refractivity contribution is 6.30. The molecule has 2 aromatic rings. The molecule has 1 amide bonds. The van der Waals surface area contributed by atoms with Gasteiger partial charge in [0.1, 0.15) is 5.75 Å². The highest BCUT2D eigenvalue weighted by Crippen LogP contribution is 2.20. The standard InChI is InChI=1S/C21H25ClN2O2/c1-2-20(26-19-10-6-9-18(22)15-19)21(25)24-13-11-23(12-14-24)16-17-7-4-3-5-8-17/h3-10,15,20H,2,11-14,16H2,1H3/t20-/m0/s1. The minimum Gasteiger partial charge on any atom is -0.481 e. The highest BCUT2D eigenvalue weighted by Gasteiger charge is 2.27. The maximum absolute atomic E-state index is 12.8. The van der Waals surface area contributed by atoms with Crippen LogP contribution < -0.4 is 4.74 Å². The van der Waals surface area contributed by atoms with Crippen LogP contribution in [-0.4, -0.2) is 48.0 Å². The Kier molecular flexibility index (Phi) is 6.53. The van der Waals surface area contributed by atoms with Gasteiger partial charge >= 0.3 is 0 Å². The van der Waals surface area contributed by atoms with Crippen molar-refractivity contribution in [2.75, 3.05) is 26.2 Å². The third-order valence-corrected chi connectivity index (χ3v) is 4.89. The third-order valence-electron chi connectivity index (χ3n) is 4.65. The van der Waals surface area contributed by atoms with Gasteiger partial charge in [-0.3, -0.25) is 9.69 Å². The first-order chi connectivity index (χ1) is 12.7. The number of benzene rings is 2. The Morgan fingerprint density at radius 1 is 1.08 bits per heavy atom. The molecule has 1 fully saturated rings. The summed E-state index contributed by atoms with van der Waals surface area (Å²) >= 11 is 6.00. The van der Waals surface area contributed by atoms with E-state index in [2.05, 4.69) is 29.2 Å². The lowest BCUT2D eigenvalue weighted by molar-refractivity contribution is -0.140. The summed E-state index contributed by atoms with van der Waals surface area (Å²) in [5, 5.41) is 0.610. The van der Waals surface area contributed by atoms with Gasteiger partial charge in [-0.05, 0) is 30.2 Å². The zero-order valence-corrected chi connectivity index (χ0v) is 15.9. The Morgan fingerprint density at radius 2 is 1.81 bits per heavy atom. The van der Waals surface area contributed by atoms with Gasteiger partial charge < -0.3 is 9.64 Å². The molecule has 1 aliphatic heterocycles. The number of carbonyl (C=O) groups excluding carboxylic acids is 1. The van der Waals surface area contributed by atoms with E-state index in [1.165, 1.54) is 5.56 Å². The van der Waals surface area contributed by atoms with Crippen molar-refractivity contribution in [2.24, 2.45) is 0 Å². The van der Waals surface area contributed by atoms with Gasteiger partial charge in [0.25, 0.3) is 5.91 Å². The number of hydrogen-bond donors (Lipinski definition) is 0. The van der Waals surface area contributed by atoms with E-state index >= 15 is 0 Å². The lowest BCUT2D eigenvalue weighted by Crippen LogP contribution is -2.52. The van der Waals surface area contributed by atoms with Crippen LogP contribution in [0.5, 0.6) is 5.75 Å². The molecule has 138 valence electrons. The molecule has 0 N–H and O–H groups in total. The maximum Gasteiger partial charge on any atom is 0.263 e. The van der Waals surface area contributed by atoms with Gasteiger partial charge in [-0.1, -0.05) is 54.9 Å². The lowest BCUT2D eigenvalue weighted by atomic mass is 10.1. The predicted octanol–water partition coefficient (Wildman–Crippen LogP) is 3.84. The zero-order valence-electron chi connectivity index (χ0n) is 15.1. The van der Waals surface area contributed by atoms with Crippen molar-refractivity contribution >= 4 is 17.5 Å². The quantitative estimate of drug-likeness (QED) is 0.772. The van der Waals surface area contributed by atoms with Crippen molar-refractivity contribution in [1.82, 2.24) is 9.80 Å². The van der Waals surface area contributed by atoms with Crippen molar-refractivity contribution in [3.05, 3.63) is 65.2 Å². The molecule has 0 aliphatic carbocycles. The number of rotatable bonds is 6. The molecule has 1 atom stereocenters. The minimum atomic E-state index is -0.464. The van der Waals surface area contributed by atoms with Crippen molar-refractivity contribution in [2.45, 2.75) is 26.0 Å². The van der Waals surface area contributed by atoms with Crippen molar-refractivity contribution in [3.63, 3.8) is 0 Å². The molecule has 4 nitrogen and oxygen atoms in total. The SMILES string of the molecule is CC[C@H](Oc1cccc(Cl)c1)C(=O)N1CCN(Cc2ccccc2)CC1. The predicted molar refractivity (Wildman–Crippen MR) is 104 cm³/mol. The van der Waals surface area contributed by atoms with Crippen LogP contribution in [0.1, 0.15) is 18.9 Å². The van der Waals surface area contributed by atoms with Crippen LogP contribution in [-0.2, 0) is 11.3 Å². The van der Waals surface area contributed by atoms with Crippen LogP contribution in [0.3, 0.4) is 0 Å². The molecule has 5 heteroatoms. The topological polar surface area (TPSA) is 32.8 Å². The van der Waals surface area contributed by atoms with Crippen LogP contribution in [0.4, 0.5) is 0 Å². The molecule has 1 saturated heterocycles. The number of piperazine rings is 1. The fourth-order valence-electron chi connectivity index (χ4n) is 3.18. The first-order valence-electron chi connectivity index (χ1n) is 9.13. The minimum absolute atomic E-state index is 0.0619. The summed E-state index contributed by atoms with van der Waals surface area (Å²) in [4.78, 5) is 17.1. The fraction of sp³-hybridized carbons (Fsp3) is 0.381. The molecule has 3 rings (SSSR count). The third kappa shape index (κ3) is 4.99. The highest BCUT2D eigenvalue weighted by atomic mass is 35.5. The second-order valence-corrected chi connectivity index (χ2v) is 7.00. The number of nitrogens with zero attached hydrogens (tertiary/aromatic N) is 2. The number of carbonyl (C=O) groups is 1. The Bertz CT molecular complexity index is 715. The van der Waals surface area contributed by atoms with Gasteiger partial charge in [-0.25, -0.2) is 0 Å². The molecule has 0 unspecified atom stereocenters. The van der Waals surface area contributed by atoms with E-state index in [1.54, 1.807) is 12.1 Å². The lowest BCUT2D eigenvalue weighted by Gasteiger charge is -2.36. The normalized spacial score (nSPS) is 16.3. The average molecular weight is 373 g/mol. The first-order valence-corrected chi connectivity index (χ1v) is 9.51. The number of halogens is 1. The Hall–Kier alpha value is -2.04. The summed E-state index contributed by atoms with van der Waals surface area (Å²) in [6.45, 7) is 6.14. The second-order valence-electron chi connectivity index (χ2n) is 6.56. The molecular weight excluding hydrogens is 348 g/mol. The van der Waals surface area contributed by atoms with Crippen LogP contribution in [0.2, 0.25) is 5.02 Å². The summed E-state index contributed by atoms with van der Waals surface area (Å²) in [5.41, 5.74) is 1.31. The fourth-order valence-corrected chi connectivity index (χ4v) is 3.36.